The summed E-state index contributed by atoms with van der Waals surface area (Å²) in [5.74, 6) is -0.427. The second-order valence-corrected chi connectivity index (χ2v) is 4.56. The van der Waals surface area contributed by atoms with Crippen LogP contribution in [0, 0.1) is 0 Å². The van der Waals surface area contributed by atoms with Gasteiger partial charge in [0.15, 0.2) is 0 Å². The Morgan fingerprint density at radius 2 is 1.88 bits per heavy atom. The van der Waals surface area contributed by atoms with Crippen molar-refractivity contribution in [2.45, 2.75) is 39.5 Å². The first-order chi connectivity index (χ1) is 8.03. The Kier molecular flexibility index (Phi) is 4.70. The number of benzene rings is 1. The lowest BCUT2D eigenvalue weighted by Gasteiger charge is -2.25. The monoisotopic (exact) mass is 236 g/mol. The molecule has 0 bridgehead atoms. The van der Waals surface area contributed by atoms with Gasteiger partial charge >= 0.3 is 5.97 Å². The molecular weight excluding hydrogens is 216 g/mol. The molecule has 3 heteroatoms. The normalized spacial score (nSPS) is 11.3. The summed E-state index contributed by atoms with van der Waals surface area (Å²) in [6, 6.07) is 7.50. The standard InChI is InChI=1S/C14H20O3/c1-5-14(3,4)12-10-8-7-9-11(12)13(15)17-16-6-2/h7-10H,5-6H2,1-4H3. The van der Waals surface area contributed by atoms with E-state index in [0.717, 1.165) is 12.0 Å². The summed E-state index contributed by atoms with van der Waals surface area (Å²) in [6.45, 7) is 8.45. The van der Waals surface area contributed by atoms with E-state index in [2.05, 4.69) is 20.8 Å². The third-order valence-electron chi connectivity index (χ3n) is 3.01. The SMILES string of the molecule is CCOOC(=O)c1ccccc1C(C)(C)CC. The van der Waals surface area contributed by atoms with Gasteiger partial charge in [-0.15, -0.1) is 0 Å². The molecule has 0 amide bonds. The number of carbonyl (C=O) groups is 1. The lowest BCUT2D eigenvalue weighted by molar-refractivity contribution is -0.237. The summed E-state index contributed by atoms with van der Waals surface area (Å²) in [7, 11) is 0. The quantitative estimate of drug-likeness (QED) is 0.580. The number of carbonyl (C=O) groups excluding carboxylic acids is 1. The maximum absolute atomic E-state index is 11.8. The van der Waals surface area contributed by atoms with E-state index in [1.165, 1.54) is 0 Å². The highest BCUT2D eigenvalue weighted by Gasteiger charge is 2.25. The Bertz CT molecular complexity index is 383. The van der Waals surface area contributed by atoms with Gasteiger partial charge < -0.3 is 0 Å². The Hall–Kier alpha value is -1.35. The zero-order valence-corrected chi connectivity index (χ0v) is 10.9. The second kappa shape index (κ2) is 5.82. The highest BCUT2D eigenvalue weighted by Crippen LogP contribution is 2.29. The largest absolute Gasteiger partial charge is 0.373 e. The minimum atomic E-state index is -0.427. The van der Waals surface area contributed by atoms with Gasteiger partial charge in [-0.3, -0.25) is 4.89 Å². The summed E-state index contributed by atoms with van der Waals surface area (Å²) in [6.07, 6.45) is 0.950. The zero-order chi connectivity index (χ0) is 12.9. The van der Waals surface area contributed by atoms with Gasteiger partial charge in [0.1, 0.15) is 0 Å². The van der Waals surface area contributed by atoms with E-state index in [4.69, 9.17) is 9.78 Å². The Morgan fingerprint density at radius 1 is 1.24 bits per heavy atom. The summed E-state index contributed by atoms with van der Waals surface area (Å²) >= 11 is 0. The van der Waals surface area contributed by atoms with Gasteiger partial charge in [-0.1, -0.05) is 39.0 Å². The molecule has 0 atom stereocenters. The molecule has 3 nitrogen and oxygen atoms in total. The van der Waals surface area contributed by atoms with Crippen molar-refractivity contribution in [1.82, 2.24) is 0 Å². The van der Waals surface area contributed by atoms with Gasteiger partial charge in [-0.25, -0.2) is 4.79 Å². The predicted molar refractivity (Wildman–Crippen MR) is 66.8 cm³/mol. The van der Waals surface area contributed by atoms with E-state index in [1.807, 2.05) is 18.2 Å². The first kappa shape index (κ1) is 13.7. The molecule has 0 radical (unpaired) electrons. The van der Waals surface area contributed by atoms with E-state index < -0.39 is 5.97 Å². The zero-order valence-electron chi connectivity index (χ0n) is 10.9. The van der Waals surface area contributed by atoms with E-state index in [0.29, 0.717) is 12.2 Å². The Labute approximate surface area is 103 Å². The van der Waals surface area contributed by atoms with Crippen molar-refractivity contribution in [2.24, 2.45) is 0 Å². The van der Waals surface area contributed by atoms with Crippen molar-refractivity contribution in [2.75, 3.05) is 6.61 Å². The molecular formula is C14H20O3. The molecule has 0 aromatic heterocycles. The molecule has 0 saturated carbocycles. The fourth-order valence-electron chi connectivity index (χ4n) is 1.60. The topological polar surface area (TPSA) is 35.5 Å². The van der Waals surface area contributed by atoms with Crippen LogP contribution >= 0.6 is 0 Å². The minimum absolute atomic E-state index is 0.0537. The van der Waals surface area contributed by atoms with Crippen LogP contribution in [0.15, 0.2) is 24.3 Å². The first-order valence-corrected chi connectivity index (χ1v) is 5.96. The van der Waals surface area contributed by atoms with Gasteiger partial charge in [-0.2, -0.15) is 4.89 Å². The maximum atomic E-state index is 11.8. The lowest BCUT2D eigenvalue weighted by atomic mass is 9.80. The first-order valence-electron chi connectivity index (χ1n) is 5.96. The molecule has 0 aliphatic carbocycles. The van der Waals surface area contributed by atoms with Crippen LogP contribution in [0.5, 0.6) is 0 Å². The molecule has 1 aromatic rings. The lowest BCUT2D eigenvalue weighted by Crippen LogP contribution is -2.21. The van der Waals surface area contributed by atoms with Crippen molar-refractivity contribution in [3.05, 3.63) is 35.4 Å². The maximum Gasteiger partial charge on any atom is 0.373 e. The molecule has 0 unspecified atom stereocenters. The van der Waals surface area contributed by atoms with E-state index >= 15 is 0 Å². The molecule has 0 fully saturated rings. The van der Waals surface area contributed by atoms with Crippen LogP contribution in [-0.4, -0.2) is 12.6 Å². The van der Waals surface area contributed by atoms with Gasteiger partial charge in [0, 0.05) is 0 Å². The van der Waals surface area contributed by atoms with Crippen molar-refractivity contribution in [3.63, 3.8) is 0 Å². The molecule has 1 aromatic carbocycles. The number of hydrogen-bond acceptors (Lipinski definition) is 3. The molecule has 17 heavy (non-hydrogen) atoms. The average Bonchev–Trinajstić information content (AvgIpc) is 2.36. The van der Waals surface area contributed by atoms with E-state index in [1.54, 1.807) is 13.0 Å². The van der Waals surface area contributed by atoms with E-state index in [-0.39, 0.29) is 5.41 Å². The van der Waals surface area contributed by atoms with Crippen LogP contribution in [0.2, 0.25) is 0 Å². The van der Waals surface area contributed by atoms with Crippen LogP contribution in [0.3, 0.4) is 0 Å². The highest BCUT2D eigenvalue weighted by molar-refractivity contribution is 5.91. The molecule has 0 spiro atoms. The van der Waals surface area contributed by atoms with Crippen LogP contribution in [0.1, 0.15) is 50.0 Å². The fraction of sp³-hybridized carbons (Fsp3) is 0.500. The van der Waals surface area contributed by atoms with Gasteiger partial charge in [0.05, 0.1) is 12.2 Å². The summed E-state index contributed by atoms with van der Waals surface area (Å²) < 4.78 is 0. The molecule has 0 saturated heterocycles. The summed E-state index contributed by atoms with van der Waals surface area (Å²) in [4.78, 5) is 21.3. The average molecular weight is 236 g/mol. The number of hydrogen-bond donors (Lipinski definition) is 0. The van der Waals surface area contributed by atoms with Crippen molar-refractivity contribution in [3.8, 4) is 0 Å². The third-order valence-corrected chi connectivity index (χ3v) is 3.01. The summed E-state index contributed by atoms with van der Waals surface area (Å²) in [5, 5.41) is 0. The second-order valence-electron chi connectivity index (χ2n) is 4.56. The fourth-order valence-corrected chi connectivity index (χ4v) is 1.60. The molecule has 94 valence electrons. The Balaban J connectivity index is 3.04. The van der Waals surface area contributed by atoms with Crippen molar-refractivity contribution in [1.29, 1.82) is 0 Å². The van der Waals surface area contributed by atoms with Crippen molar-refractivity contribution >= 4 is 5.97 Å². The molecule has 0 N–H and O–H groups in total. The van der Waals surface area contributed by atoms with E-state index in [9.17, 15) is 4.79 Å². The summed E-state index contributed by atoms with van der Waals surface area (Å²) in [5.41, 5.74) is 1.52. The van der Waals surface area contributed by atoms with Crippen molar-refractivity contribution < 1.29 is 14.6 Å². The van der Waals surface area contributed by atoms with Crippen LogP contribution in [0.25, 0.3) is 0 Å². The van der Waals surface area contributed by atoms with Crippen LogP contribution in [-0.2, 0) is 15.2 Å². The number of rotatable bonds is 5. The van der Waals surface area contributed by atoms with Gasteiger partial charge in [0.2, 0.25) is 0 Å². The van der Waals surface area contributed by atoms with Gasteiger partial charge in [-0.05, 0) is 30.4 Å². The molecule has 0 heterocycles. The predicted octanol–water partition coefficient (Wildman–Crippen LogP) is 3.48. The minimum Gasteiger partial charge on any atom is -0.293 e. The third kappa shape index (κ3) is 3.30. The molecule has 1 rings (SSSR count). The van der Waals surface area contributed by atoms with Crippen LogP contribution < -0.4 is 0 Å². The van der Waals surface area contributed by atoms with Gasteiger partial charge in [0.25, 0.3) is 0 Å². The van der Waals surface area contributed by atoms with Crippen LogP contribution in [0.4, 0.5) is 0 Å². The Morgan fingerprint density at radius 3 is 2.47 bits per heavy atom. The molecule has 0 aliphatic rings. The molecule has 0 aliphatic heterocycles. The highest BCUT2D eigenvalue weighted by atomic mass is 17.2. The smallest absolute Gasteiger partial charge is 0.293 e.